The van der Waals surface area contributed by atoms with E-state index in [1.165, 1.54) is 0 Å². The molecule has 0 heterocycles. The summed E-state index contributed by atoms with van der Waals surface area (Å²) in [7, 11) is 0. The summed E-state index contributed by atoms with van der Waals surface area (Å²) in [5.74, 6) is -8.16. The molecule has 0 unspecified atom stereocenters. The normalized spacial score (nSPS) is 10.4. The quantitative estimate of drug-likeness (QED) is 0.331. The summed E-state index contributed by atoms with van der Waals surface area (Å²) in [4.78, 5) is 10.6. The maximum Gasteiger partial charge on any atom is 0.185 e. The molecule has 2 N–H and O–H groups in total. The zero-order valence-electron chi connectivity index (χ0n) is 7.00. The highest BCUT2D eigenvalue weighted by Gasteiger charge is 2.25. The average molecular weight is 207 g/mol. The molecule has 0 aromatic heterocycles. The standard InChI is InChI=1S/C8H5F4NO/c1-2(14)3-4(9)6(11)8(13)7(12)5(3)10/h13H2,1H3. The molecule has 0 fully saturated rings. The van der Waals surface area contributed by atoms with E-state index in [0.29, 0.717) is 0 Å². The minimum absolute atomic E-state index is 0.788. The highest BCUT2D eigenvalue weighted by Crippen LogP contribution is 2.25. The number of hydrogen-bond donors (Lipinski definition) is 1. The second-order valence-corrected chi connectivity index (χ2v) is 2.60. The van der Waals surface area contributed by atoms with Gasteiger partial charge in [-0.2, -0.15) is 0 Å². The van der Waals surface area contributed by atoms with Crippen molar-refractivity contribution in [3.8, 4) is 0 Å². The summed E-state index contributed by atoms with van der Waals surface area (Å²) in [6, 6.07) is 0. The molecule has 0 amide bonds. The Bertz CT molecular complexity index is 387. The molecule has 0 aliphatic carbocycles. The second kappa shape index (κ2) is 3.28. The number of Topliss-reactive ketones (excluding diaryl/α,β-unsaturated/α-hetero) is 1. The smallest absolute Gasteiger partial charge is 0.185 e. The van der Waals surface area contributed by atoms with Crippen molar-refractivity contribution in [3.05, 3.63) is 28.8 Å². The molecule has 0 aliphatic rings. The highest BCUT2D eigenvalue weighted by molar-refractivity contribution is 5.95. The second-order valence-electron chi connectivity index (χ2n) is 2.60. The first-order chi connectivity index (χ1) is 6.37. The van der Waals surface area contributed by atoms with Gasteiger partial charge in [-0.05, 0) is 6.92 Å². The van der Waals surface area contributed by atoms with Gasteiger partial charge in [0.15, 0.2) is 29.1 Å². The van der Waals surface area contributed by atoms with Crippen molar-refractivity contribution in [2.45, 2.75) is 6.92 Å². The molecule has 0 saturated heterocycles. The van der Waals surface area contributed by atoms with Gasteiger partial charge in [0.25, 0.3) is 0 Å². The number of rotatable bonds is 1. The van der Waals surface area contributed by atoms with Gasteiger partial charge in [0, 0.05) is 0 Å². The summed E-state index contributed by atoms with van der Waals surface area (Å²) in [5.41, 5.74) is 2.18. The SMILES string of the molecule is CC(=O)c1c(F)c(F)c(N)c(F)c1F. The lowest BCUT2D eigenvalue weighted by molar-refractivity contribution is 0.100. The largest absolute Gasteiger partial charge is 0.394 e. The van der Waals surface area contributed by atoms with Crippen LogP contribution in [0, 0.1) is 23.3 Å². The van der Waals surface area contributed by atoms with Crippen LogP contribution in [0.2, 0.25) is 0 Å². The first kappa shape index (κ1) is 10.5. The lowest BCUT2D eigenvalue weighted by Crippen LogP contribution is -2.10. The van der Waals surface area contributed by atoms with Crippen molar-refractivity contribution in [2.75, 3.05) is 5.73 Å². The van der Waals surface area contributed by atoms with Crippen LogP contribution in [0.4, 0.5) is 23.2 Å². The number of nitrogens with two attached hydrogens (primary N) is 1. The third-order valence-corrected chi connectivity index (χ3v) is 1.65. The Labute approximate surface area is 76.3 Å². The van der Waals surface area contributed by atoms with Crippen LogP contribution in [-0.4, -0.2) is 5.78 Å². The van der Waals surface area contributed by atoms with E-state index in [0.717, 1.165) is 6.92 Å². The number of ketones is 1. The molecule has 14 heavy (non-hydrogen) atoms. The average Bonchev–Trinajstić information content (AvgIpc) is 2.11. The van der Waals surface area contributed by atoms with Crippen LogP contribution in [-0.2, 0) is 0 Å². The van der Waals surface area contributed by atoms with Crippen LogP contribution in [0.15, 0.2) is 0 Å². The molecular formula is C8H5F4NO. The molecule has 0 spiro atoms. The Morgan fingerprint density at radius 3 is 1.64 bits per heavy atom. The highest BCUT2D eigenvalue weighted by atomic mass is 19.2. The molecule has 1 aromatic carbocycles. The maximum atomic E-state index is 12.9. The third kappa shape index (κ3) is 1.32. The summed E-state index contributed by atoms with van der Waals surface area (Å²) in [5, 5.41) is 0. The minimum Gasteiger partial charge on any atom is -0.394 e. The lowest BCUT2D eigenvalue weighted by Gasteiger charge is -2.06. The van der Waals surface area contributed by atoms with E-state index >= 15 is 0 Å². The number of hydrogen-bond acceptors (Lipinski definition) is 2. The zero-order valence-corrected chi connectivity index (χ0v) is 7.00. The van der Waals surface area contributed by atoms with E-state index in [2.05, 4.69) is 0 Å². The fraction of sp³-hybridized carbons (Fsp3) is 0.125. The summed E-state index contributed by atoms with van der Waals surface area (Å²) >= 11 is 0. The number of nitrogen functional groups attached to an aromatic ring is 1. The van der Waals surface area contributed by atoms with Crippen molar-refractivity contribution in [1.82, 2.24) is 0 Å². The van der Waals surface area contributed by atoms with Gasteiger partial charge >= 0.3 is 0 Å². The van der Waals surface area contributed by atoms with E-state index in [1.54, 1.807) is 0 Å². The maximum absolute atomic E-state index is 12.9. The van der Waals surface area contributed by atoms with Crippen LogP contribution >= 0.6 is 0 Å². The van der Waals surface area contributed by atoms with Gasteiger partial charge < -0.3 is 5.73 Å². The van der Waals surface area contributed by atoms with Crippen LogP contribution in [0.3, 0.4) is 0 Å². The number of carbonyl (C=O) groups excluding carboxylic acids is 1. The molecule has 0 saturated carbocycles. The Kier molecular flexibility index (Phi) is 2.46. The van der Waals surface area contributed by atoms with Crippen molar-refractivity contribution in [1.29, 1.82) is 0 Å². The predicted molar refractivity (Wildman–Crippen MR) is 40.7 cm³/mol. The molecule has 0 atom stereocenters. The van der Waals surface area contributed by atoms with E-state index in [4.69, 9.17) is 5.73 Å². The van der Waals surface area contributed by atoms with E-state index < -0.39 is 40.3 Å². The van der Waals surface area contributed by atoms with Gasteiger partial charge in [-0.25, -0.2) is 17.6 Å². The van der Waals surface area contributed by atoms with Crippen LogP contribution in [0.1, 0.15) is 17.3 Å². The van der Waals surface area contributed by atoms with Gasteiger partial charge in [0.05, 0.1) is 5.56 Å². The first-order valence-electron chi connectivity index (χ1n) is 3.50. The molecule has 2 nitrogen and oxygen atoms in total. The first-order valence-corrected chi connectivity index (χ1v) is 3.50. The van der Waals surface area contributed by atoms with E-state index in [9.17, 15) is 22.4 Å². The van der Waals surface area contributed by atoms with Crippen molar-refractivity contribution in [2.24, 2.45) is 0 Å². The third-order valence-electron chi connectivity index (χ3n) is 1.65. The molecule has 0 aliphatic heterocycles. The monoisotopic (exact) mass is 207 g/mol. The van der Waals surface area contributed by atoms with Gasteiger partial charge in [-0.3, -0.25) is 4.79 Å². The summed E-state index contributed by atoms with van der Waals surface area (Å²) in [6.07, 6.45) is 0. The van der Waals surface area contributed by atoms with Crippen molar-refractivity contribution in [3.63, 3.8) is 0 Å². The molecule has 0 radical (unpaired) electrons. The van der Waals surface area contributed by atoms with Gasteiger partial charge in [0.1, 0.15) is 5.69 Å². The summed E-state index contributed by atoms with van der Waals surface area (Å²) in [6.45, 7) is 0.788. The fourth-order valence-corrected chi connectivity index (χ4v) is 0.958. The van der Waals surface area contributed by atoms with Gasteiger partial charge in [-0.15, -0.1) is 0 Å². The lowest BCUT2D eigenvalue weighted by atomic mass is 10.1. The zero-order chi connectivity index (χ0) is 11.0. The molecule has 1 rings (SSSR count). The van der Waals surface area contributed by atoms with Crippen LogP contribution < -0.4 is 5.73 Å². The van der Waals surface area contributed by atoms with Gasteiger partial charge in [-0.1, -0.05) is 0 Å². The number of anilines is 1. The molecule has 76 valence electrons. The topological polar surface area (TPSA) is 43.1 Å². The predicted octanol–water partition coefficient (Wildman–Crippen LogP) is 2.03. The molecule has 6 heteroatoms. The van der Waals surface area contributed by atoms with Crippen molar-refractivity contribution < 1.29 is 22.4 Å². The Hall–Kier alpha value is -1.59. The molecule has 1 aromatic rings. The Morgan fingerprint density at radius 2 is 1.36 bits per heavy atom. The number of halogens is 4. The molecule has 0 bridgehead atoms. The minimum atomic E-state index is -1.77. The van der Waals surface area contributed by atoms with Gasteiger partial charge in [0.2, 0.25) is 0 Å². The van der Waals surface area contributed by atoms with E-state index in [1.807, 2.05) is 0 Å². The van der Waals surface area contributed by atoms with Crippen molar-refractivity contribution >= 4 is 11.5 Å². The Balaban J connectivity index is 3.68. The number of carbonyl (C=O) groups is 1. The Morgan fingerprint density at radius 1 is 1.00 bits per heavy atom. The fourth-order valence-electron chi connectivity index (χ4n) is 0.958. The molecular weight excluding hydrogens is 202 g/mol. The van der Waals surface area contributed by atoms with Crippen LogP contribution in [0.5, 0.6) is 0 Å². The van der Waals surface area contributed by atoms with Crippen LogP contribution in [0.25, 0.3) is 0 Å². The van der Waals surface area contributed by atoms with E-state index in [-0.39, 0.29) is 0 Å². The summed E-state index contributed by atoms with van der Waals surface area (Å²) < 4.78 is 51.2. The number of benzene rings is 1.